The third-order valence-corrected chi connectivity index (χ3v) is 3.22. The first kappa shape index (κ1) is 12.6. The zero-order valence-corrected chi connectivity index (χ0v) is 10.9. The number of imide groups is 1. The van der Waals surface area contributed by atoms with Gasteiger partial charge in [-0.25, -0.2) is 4.79 Å². The average molecular weight is 246 g/mol. The van der Waals surface area contributed by atoms with Gasteiger partial charge in [-0.3, -0.25) is 10.1 Å². The monoisotopic (exact) mass is 246 g/mol. The molecule has 0 saturated carbocycles. The van der Waals surface area contributed by atoms with Crippen LogP contribution in [0.25, 0.3) is 0 Å². The van der Waals surface area contributed by atoms with Gasteiger partial charge in [0.05, 0.1) is 0 Å². The SMILES string of the molecule is CC(C)Cc1ccc([C@@]2(C)NC(=O)NC2=O)cc1. The fourth-order valence-corrected chi connectivity index (χ4v) is 2.19. The Balaban J connectivity index is 2.24. The van der Waals surface area contributed by atoms with Crippen LogP contribution in [0.5, 0.6) is 0 Å². The molecule has 1 aromatic rings. The molecule has 0 unspecified atom stereocenters. The molecule has 0 bridgehead atoms. The van der Waals surface area contributed by atoms with Gasteiger partial charge in [0.25, 0.3) is 5.91 Å². The van der Waals surface area contributed by atoms with Crippen molar-refractivity contribution < 1.29 is 9.59 Å². The van der Waals surface area contributed by atoms with Crippen LogP contribution in [0, 0.1) is 5.92 Å². The van der Waals surface area contributed by atoms with Crippen LogP contribution < -0.4 is 10.6 Å². The van der Waals surface area contributed by atoms with E-state index >= 15 is 0 Å². The van der Waals surface area contributed by atoms with E-state index in [0.29, 0.717) is 5.92 Å². The van der Waals surface area contributed by atoms with Crippen molar-refractivity contribution in [3.05, 3.63) is 35.4 Å². The molecule has 1 aliphatic heterocycles. The van der Waals surface area contributed by atoms with Crippen LogP contribution in [0.1, 0.15) is 31.9 Å². The molecule has 0 radical (unpaired) electrons. The quantitative estimate of drug-likeness (QED) is 0.801. The van der Waals surface area contributed by atoms with Crippen molar-refractivity contribution in [2.24, 2.45) is 5.92 Å². The van der Waals surface area contributed by atoms with Gasteiger partial charge in [-0.05, 0) is 30.4 Å². The summed E-state index contributed by atoms with van der Waals surface area (Å²) in [5, 5.41) is 4.92. The number of carbonyl (C=O) groups excluding carboxylic acids is 2. The van der Waals surface area contributed by atoms with Crippen LogP contribution in [0.3, 0.4) is 0 Å². The lowest BCUT2D eigenvalue weighted by molar-refractivity contribution is -0.123. The first-order valence-corrected chi connectivity index (χ1v) is 6.15. The molecule has 1 aromatic carbocycles. The van der Waals surface area contributed by atoms with Gasteiger partial charge in [0.1, 0.15) is 5.54 Å². The number of hydrogen-bond acceptors (Lipinski definition) is 2. The van der Waals surface area contributed by atoms with Gasteiger partial charge in [0.2, 0.25) is 0 Å². The van der Waals surface area contributed by atoms with Crippen molar-refractivity contribution >= 4 is 11.9 Å². The van der Waals surface area contributed by atoms with Crippen LogP contribution >= 0.6 is 0 Å². The molecule has 3 amide bonds. The molecule has 2 rings (SSSR count). The molecule has 96 valence electrons. The van der Waals surface area contributed by atoms with Gasteiger partial charge in [-0.2, -0.15) is 0 Å². The Labute approximate surface area is 107 Å². The summed E-state index contributed by atoms with van der Waals surface area (Å²) in [5.74, 6) is 0.296. The van der Waals surface area contributed by atoms with Crippen LogP contribution in [0.4, 0.5) is 4.79 Å². The molecule has 1 heterocycles. The molecule has 0 aromatic heterocycles. The minimum absolute atomic E-state index is 0.302. The van der Waals surface area contributed by atoms with Crippen LogP contribution in [0.15, 0.2) is 24.3 Å². The molecular weight excluding hydrogens is 228 g/mol. The van der Waals surface area contributed by atoms with E-state index in [2.05, 4.69) is 24.5 Å². The van der Waals surface area contributed by atoms with Crippen LogP contribution in [-0.2, 0) is 16.8 Å². The first-order chi connectivity index (χ1) is 8.41. The lowest BCUT2D eigenvalue weighted by atomic mass is 9.90. The molecule has 1 atom stereocenters. The number of hydrogen-bond donors (Lipinski definition) is 2. The Morgan fingerprint density at radius 2 is 1.78 bits per heavy atom. The van der Waals surface area contributed by atoms with Crippen molar-refractivity contribution in [2.45, 2.75) is 32.7 Å². The van der Waals surface area contributed by atoms with Crippen LogP contribution in [-0.4, -0.2) is 11.9 Å². The summed E-state index contributed by atoms with van der Waals surface area (Å²) in [7, 11) is 0. The second-order valence-corrected chi connectivity index (χ2v) is 5.33. The maximum Gasteiger partial charge on any atom is 0.322 e. The van der Waals surface area contributed by atoms with E-state index in [1.165, 1.54) is 5.56 Å². The fourth-order valence-electron chi connectivity index (χ4n) is 2.19. The Hall–Kier alpha value is -1.84. The molecule has 18 heavy (non-hydrogen) atoms. The highest BCUT2D eigenvalue weighted by atomic mass is 16.2. The number of urea groups is 1. The number of carbonyl (C=O) groups is 2. The standard InChI is InChI=1S/C14H18N2O2/c1-9(2)8-10-4-6-11(7-5-10)14(3)12(17)15-13(18)16-14/h4-7,9H,8H2,1-3H3,(H2,15,16,17,18)/t14-/m1/s1. The molecule has 1 aliphatic rings. The van der Waals surface area contributed by atoms with Gasteiger partial charge in [0.15, 0.2) is 0 Å². The van der Waals surface area contributed by atoms with Crippen molar-refractivity contribution in [3.63, 3.8) is 0 Å². The van der Waals surface area contributed by atoms with Gasteiger partial charge >= 0.3 is 6.03 Å². The van der Waals surface area contributed by atoms with E-state index in [9.17, 15) is 9.59 Å². The summed E-state index contributed by atoms with van der Waals surface area (Å²) in [5.41, 5.74) is 1.09. The van der Waals surface area contributed by atoms with E-state index in [0.717, 1.165) is 12.0 Å². The predicted molar refractivity (Wildman–Crippen MR) is 69.0 cm³/mol. The molecule has 4 heteroatoms. The van der Waals surface area contributed by atoms with Crippen molar-refractivity contribution in [1.29, 1.82) is 0 Å². The molecule has 1 saturated heterocycles. The maximum atomic E-state index is 11.8. The smallest absolute Gasteiger partial charge is 0.320 e. The second-order valence-electron chi connectivity index (χ2n) is 5.33. The second kappa shape index (κ2) is 4.44. The molecule has 0 spiro atoms. The van der Waals surface area contributed by atoms with Gasteiger partial charge in [-0.15, -0.1) is 0 Å². The minimum Gasteiger partial charge on any atom is -0.320 e. The topological polar surface area (TPSA) is 58.2 Å². The lowest BCUT2D eigenvalue weighted by Gasteiger charge is -2.21. The predicted octanol–water partition coefficient (Wildman–Crippen LogP) is 1.94. The summed E-state index contributed by atoms with van der Waals surface area (Å²) < 4.78 is 0. The van der Waals surface area contributed by atoms with E-state index in [1.807, 2.05) is 24.3 Å². The normalized spacial score (nSPS) is 23.1. The minimum atomic E-state index is -0.951. The highest BCUT2D eigenvalue weighted by Gasteiger charge is 2.43. The van der Waals surface area contributed by atoms with E-state index in [4.69, 9.17) is 0 Å². The van der Waals surface area contributed by atoms with Crippen molar-refractivity contribution in [3.8, 4) is 0 Å². The van der Waals surface area contributed by atoms with Crippen molar-refractivity contribution in [2.75, 3.05) is 0 Å². The summed E-state index contributed by atoms with van der Waals surface area (Å²) >= 11 is 0. The molecular formula is C14H18N2O2. The highest BCUT2D eigenvalue weighted by Crippen LogP contribution is 2.24. The maximum absolute atomic E-state index is 11.8. The number of nitrogens with one attached hydrogen (secondary N) is 2. The zero-order valence-electron chi connectivity index (χ0n) is 10.9. The largest absolute Gasteiger partial charge is 0.322 e. The highest BCUT2D eigenvalue weighted by molar-refractivity contribution is 6.07. The molecule has 1 fully saturated rings. The Kier molecular flexibility index (Phi) is 3.11. The molecule has 0 aliphatic carbocycles. The summed E-state index contributed by atoms with van der Waals surface area (Å²) in [6, 6.07) is 7.40. The molecule has 2 N–H and O–H groups in total. The van der Waals surface area contributed by atoms with E-state index in [1.54, 1.807) is 6.92 Å². The Bertz CT molecular complexity index is 479. The first-order valence-electron chi connectivity index (χ1n) is 6.15. The average Bonchev–Trinajstić information content (AvgIpc) is 2.53. The number of benzene rings is 1. The number of rotatable bonds is 3. The van der Waals surface area contributed by atoms with Gasteiger partial charge < -0.3 is 5.32 Å². The van der Waals surface area contributed by atoms with E-state index in [-0.39, 0.29) is 5.91 Å². The Morgan fingerprint density at radius 3 is 2.22 bits per heavy atom. The van der Waals surface area contributed by atoms with Gasteiger partial charge in [0, 0.05) is 0 Å². The van der Waals surface area contributed by atoms with Crippen LogP contribution in [0.2, 0.25) is 0 Å². The Morgan fingerprint density at radius 1 is 1.17 bits per heavy atom. The van der Waals surface area contributed by atoms with Crippen molar-refractivity contribution in [1.82, 2.24) is 10.6 Å². The van der Waals surface area contributed by atoms with E-state index < -0.39 is 11.6 Å². The summed E-state index contributed by atoms with van der Waals surface area (Å²) in [6.45, 7) is 6.05. The lowest BCUT2D eigenvalue weighted by Crippen LogP contribution is -2.40. The third kappa shape index (κ3) is 2.23. The summed E-state index contributed by atoms with van der Waals surface area (Å²) in [6.07, 6.45) is 1.01. The van der Waals surface area contributed by atoms with Gasteiger partial charge in [-0.1, -0.05) is 38.1 Å². The zero-order chi connectivity index (χ0) is 13.3. The molecule has 4 nitrogen and oxygen atoms in total. The summed E-state index contributed by atoms with van der Waals surface area (Å²) in [4.78, 5) is 23.0. The third-order valence-electron chi connectivity index (χ3n) is 3.22. The fraction of sp³-hybridized carbons (Fsp3) is 0.429. The number of amides is 3.